The third kappa shape index (κ3) is 4.60. The number of rotatable bonds is 5. The second-order valence-electron chi connectivity index (χ2n) is 4.02. The summed E-state index contributed by atoms with van der Waals surface area (Å²) < 4.78 is 0. The molecule has 0 unspecified atom stereocenters. The molecule has 4 N–H and O–H groups in total. The van der Waals surface area contributed by atoms with Crippen molar-refractivity contribution >= 4 is 0 Å². The molecule has 0 radical (unpaired) electrons. The maximum Gasteiger partial charge on any atom is 0.0540 e. The lowest BCUT2D eigenvalue weighted by Gasteiger charge is -2.25. The summed E-state index contributed by atoms with van der Waals surface area (Å²) in [6, 6.07) is 0. The van der Waals surface area contributed by atoms with E-state index in [0.717, 1.165) is 44.8 Å². The molecule has 0 saturated heterocycles. The predicted octanol–water partition coefficient (Wildman–Crippen LogP) is 0.476. The van der Waals surface area contributed by atoms with Crippen LogP contribution < -0.4 is 11.1 Å². The van der Waals surface area contributed by atoms with Gasteiger partial charge in [0.05, 0.1) is 6.10 Å². The Hall–Kier alpha value is -0.120. The van der Waals surface area contributed by atoms with E-state index >= 15 is 0 Å². The topological polar surface area (TPSA) is 58.3 Å². The lowest BCUT2D eigenvalue weighted by Crippen LogP contribution is -2.29. The number of nitrogens with one attached hydrogen (secondary N) is 1. The molecule has 1 aliphatic carbocycles. The standard InChI is InChI=1S/C10H22N2O/c11-6-1-7-12-8-9-2-4-10(13)5-3-9/h9-10,12-13H,1-8,11H2. The maximum atomic E-state index is 9.30. The SMILES string of the molecule is NCCCNCC1CCC(O)CC1. The molecule has 3 heteroatoms. The van der Waals surface area contributed by atoms with Crippen LogP contribution in [0.3, 0.4) is 0 Å². The zero-order valence-electron chi connectivity index (χ0n) is 8.34. The van der Waals surface area contributed by atoms with Crippen molar-refractivity contribution in [2.45, 2.75) is 38.2 Å². The summed E-state index contributed by atoms with van der Waals surface area (Å²) in [5.41, 5.74) is 5.39. The Bertz CT molecular complexity index is 122. The Balaban J connectivity index is 1.96. The van der Waals surface area contributed by atoms with Crippen molar-refractivity contribution in [1.29, 1.82) is 0 Å². The highest BCUT2D eigenvalue weighted by Crippen LogP contribution is 2.23. The van der Waals surface area contributed by atoms with Crippen molar-refractivity contribution < 1.29 is 5.11 Å². The second kappa shape index (κ2) is 6.35. The fourth-order valence-electron chi connectivity index (χ4n) is 1.88. The van der Waals surface area contributed by atoms with Crippen LogP contribution in [-0.2, 0) is 0 Å². The largest absolute Gasteiger partial charge is 0.393 e. The van der Waals surface area contributed by atoms with Crippen LogP contribution in [0.4, 0.5) is 0 Å². The molecule has 0 atom stereocenters. The number of aliphatic hydroxyl groups excluding tert-OH is 1. The molecular weight excluding hydrogens is 164 g/mol. The molecule has 0 amide bonds. The van der Waals surface area contributed by atoms with Gasteiger partial charge in [0.1, 0.15) is 0 Å². The van der Waals surface area contributed by atoms with Crippen molar-refractivity contribution in [3.63, 3.8) is 0 Å². The monoisotopic (exact) mass is 186 g/mol. The zero-order chi connectivity index (χ0) is 9.52. The van der Waals surface area contributed by atoms with E-state index in [1.807, 2.05) is 0 Å². The molecule has 1 fully saturated rings. The molecule has 1 rings (SSSR count). The summed E-state index contributed by atoms with van der Waals surface area (Å²) >= 11 is 0. The van der Waals surface area contributed by atoms with Crippen LogP contribution in [0.5, 0.6) is 0 Å². The lowest BCUT2D eigenvalue weighted by molar-refractivity contribution is 0.108. The third-order valence-corrected chi connectivity index (χ3v) is 2.81. The molecule has 13 heavy (non-hydrogen) atoms. The average Bonchev–Trinajstić information content (AvgIpc) is 2.15. The molecule has 78 valence electrons. The lowest BCUT2D eigenvalue weighted by atomic mass is 9.87. The second-order valence-corrected chi connectivity index (χ2v) is 4.02. The van der Waals surface area contributed by atoms with Crippen LogP contribution in [0.25, 0.3) is 0 Å². The number of aliphatic hydroxyl groups is 1. The third-order valence-electron chi connectivity index (χ3n) is 2.81. The van der Waals surface area contributed by atoms with Gasteiger partial charge in [-0.2, -0.15) is 0 Å². The molecule has 0 heterocycles. The van der Waals surface area contributed by atoms with Crippen LogP contribution in [0.2, 0.25) is 0 Å². The molecule has 3 nitrogen and oxygen atoms in total. The van der Waals surface area contributed by atoms with Gasteiger partial charge in [0.15, 0.2) is 0 Å². The first-order valence-corrected chi connectivity index (χ1v) is 5.41. The maximum absolute atomic E-state index is 9.30. The van der Waals surface area contributed by atoms with Gasteiger partial charge in [-0.05, 0) is 57.7 Å². The summed E-state index contributed by atoms with van der Waals surface area (Å²) in [6.07, 6.45) is 5.37. The van der Waals surface area contributed by atoms with E-state index in [9.17, 15) is 5.11 Å². The highest BCUT2D eigenvalue weighted by Gasteiger charge is 2.18. The van der Waals surface area contributed by atoms with E-state index < -0.39 is 0 Å². The molecular formula is C10H22N2O. The Kier molecular flexibility index (Phi) is 5.35. The van der Waals surface area contributed by atoms with Crippen molar-refractivity contribution in [1.82, 2.24) is 5.32 Å². The minimum absolute atomic E-state index is 0.0275. The first kappa shape index (κ1) is 11.0. The quantitative estimate of drug-likeness (QED) is 0.547. The summed E-state index contributed by atoms with van der Waals surface area (Å²) in [5.74, 6) is 0.779. The van der Waals surface area contributed by atoms with Gasteiger partial charge in [0.25, 0.3) is 0 Å². The van der Waals surface area contributed by atoms with Crippen molar-refractivity contribution in [3.05, 3.63) is 0 Å². The highest BCUT2D eigenvalue weighted by molar-refractivity contribution is 4.72. The summed E-state index contributed by atoms with van der Waals surface area (Å²) in [6.45, 7) is 2.92. The molecule has 0 bridgehead atoms. The van der Waals surface area contributed by atoms with Crippen LogP contribution in [-0.4, -0.2) is 30.8 Å². The molecule has 0 spiro atoms. The van der Waals surface area contributed by atoms with Crippen LogP contribution in [0.1, 0.15) is 32.1 Å². The Morgan fingerprint density at radius 3 is 2.54 bits per heavy atom. The number of nitrogens with two attached hydrogens (primary N) is 1. The minimum atomic E-state index is -0.0275. The van der Waals surface area contributed by atoms with Gasteiger partial charge >= 0.3 is 0 Å². The van der Waals surface area contributed by atoms with E-state index in [0.29, 0.717) is 0 Å². The van der Waals surface area contributed by atoms with Gasteiger partial charge in [0, 0.05) is 0 Å². The van der Waals surface area contributed by atoms with Crippen LogP contribution in [0.15, 0.2) is 0 Å². The number of hydrogen-bond donors (Lipinski definition) is 3. The Morgan fingerprint density at radius 1 is 1.23 bits per heavy atom. The predicted molar refractivity (Wildman–Crippen MR) is 54.5 cm³/mol. The molecule has 0 aliphatic heterocycles. The van der Waals surface area contributed by atoms with Gasteiger partial charge in [-0.3, -0.25) is 0 Å². The van der Waals surface area contributed by atoms with Crippen molar-refractivity contribution in [2.24, 2.45) is 11.7 Å². The van der Waals surface area contributed by atoms with Gasteiger partial charge in [-0.15, -0.1) is 0 Å². The van der Waals surface area contributed by atoms with Crippen LogP contribution in [0, 0.1) is 5.92 Å². The van der Waals surface area contributed by atoms with Crippen LogP contribution >= 0.6 is 0 Å². The normalized spacial score (nSPS) is 29.1. The van der Waals surface area contributed by atoms with Gasteiger partial charge in [-0.1, -0.05) is 0 Å². The molecule has 1 saturated carbocycles. The van der Waals surface area contributed by atoms with Crippen molar-refractivity contribution in [3.8, 4) is 0 Å². The van der Waals surface area contributed by atoms with E-state index in [1.54, 1.807) is 0 Å². The summed E-state index contributed by atoms with van der Waals surface area (Å²) in [4.78, 5) is 0. The Labute approximate surface area is 80.7 Å². The summed E-state index contributed by atoms with van der Waals surface area (Å²) in [5, 5.41) is 12.7. The average molecular weight is 186 g/mol. The summed E-state index contributed by atoms with van der Waals surface area (Å²) in [7, 11) is 0. The van der Waals surface area contributed by atoms with E-state index in [1.165, 1.54) is 12.8 Å². The van der Waals surface area contributed by atoms with Gasteiger partial charge < -0.3 is 16.2 Å². The van der Waals surface area contributed by atoms with Gasteiger partial charge in [0.2, 0.25) is 0 Å². The van der Waals surface area contributed by atoms with E-state index in [4.69, 9.17) is 5.73 Å². The molecule has 1 aliphatic rings. The zero-order valence-corrected chi connectivity index (χ0v) is 8.34. The first-order chi connectivity index (χ1) is 6.33. The minimum Gasteiger partial charge on any atom is -0.393 e. The van der Waals surface area contributed by atoms with E-state index in [2.05, 4.69) is 5.32 Å². The smallest absolute Gasteiger partial charge is 0.0540 e. The van der Waals surface area contributed by atoms with Crippen molar-refractivity contribution in [2.75, 3.05) is 19.6 Å². The van der Waals surface area contributed by atoms with Gasteiger partial charge in [-0.25, -0.2) is 0 Å². The molecule has 0 aromatic rings. The fraction of sp³-hybridized carbons (Fsp3) is 1.00. The molecule has 0 aromatic carbocycles. The van der Waals surface area contributed by atoms with E-state index in [-0.39, 0.29) is 6.10 Å². The molecule has 0 aromatic heterocycles. The number of hydrogen-bond acceptors (Lipinski definition) is 3. The highest BCUT2D eigenvalue weighted by atomic mass is 16.3. The Morgan fingerprint density at radius 2 is 1.92 bits per heavy atom. The first-order valence-electron chi connectivity index (χ1n) is 5.41. The fourth-order valence-corrected chi connectivity index (χ4v) is 1.88.